The average molecular weight is 313 g/mol. The predicted molar refractivity (Wildman–Crippen MR) is 80.4 cm³/mol. The third-order valence-electron chi connectivity index (χ3n) is 4.94. The van der Waals surface area contributed by atoms with Gasteiger partial charge in [0.1, 0.15) is 6.10 Å². The van der Waals surface area contributed by atoms with E-state index in [1.54, 1.807) is 13.8 Å². The summed E-state index contributed by atoms with van der Waals surface area (Å²) in [6.07, 6.45) is 5.30. The first kappa shape index (κ1) is 17.1. The van der Waals surface area contributed by atoms with Crippen molar-refractivity contribution in [1.82, 2.24) is 5.32 Å². The summed E-state index contributed by atoms with van der Waals surface area (Å²) >= 11 is 0. The van der Waals surface area contributed by atoms with Crippen molar-refractivity contribution in [2.75, 3.05) is 0 Å². The number of ether oxygens (including phenoxy) is 1. The van der Waals surface area contributed by atoms with Crippen LogP contribution in [0.15, 0.2) is 0 Å². The molecule has 0 spiro atoms. The topological polar surface area (TPSA) is 95.9 Å². The first-order chi connectivity index (χ1) is 10.3. The lowest BCUT2D eigenvalue weighted by Gasteiger charge is -2.29. The molecule has 1 saturated heterocycles. The van der Waals surface area contributed by atoms with E-state index in [1.165, 1.54) is 19.3 Å². The molecule has 0 bridgehead atoms. The van der Waals surface area contributed by atoms with Crippen LogP contribution in [-0.2, 0) is 9.53 Å². The van der Waals surface area contributed by atoms with Gasteiger partial charge in [-0.05, 0) is 26.2 Å². The van der Waals surface area contributed by atoms with E-state index in [2.05, 4.69) is 5.32 Å². The Labute approximate surface area is 131 Å². The molecule has 0 aromatic carbocycles. The summed E-state index contributed by atoms with van der Waals surface area (Å²) in [5.74, 6) is -0.550. The highest BCUT2D eigenvalue weighted by molar-refractivity contribution is 5.76. The monoisotopic (exact) mass is 313 g/mol. The molecule has 2 rings (SSSR count). The maximum atomic E-state index is 12.0. The number of rotatable bonds is 5. The van der Waals surface area contributed by atoms with E-state index in [0.29, 0.717) is 18.8 Å². The van der Waals surface area contributed by atoms with Crippen molar-refractivity contribution in [1.29, 1.82) is 0 Å². The predicted octanol–water partition coefficient (Wildman–Crippen LogP) is 2.30. The van der Waals surface area contributed by atoms with E-state index in [4.69, 9.17) is 9.84 Å². The fraction of sp³-hybridized carbons (Fsp3) is 0.875. The van der Waals surface area contributed by atoms with Gasteiger partial charge in [0.15, 0.2) is 0 Å². The molecule has 2 fully saturated rings. The van der Waals surface area contributed by atoms with E-state index >= 15 is 0 Å². The molecule has 0 radical (unpaired) electrons. The number of hydrogen-bond acceptors (Lipinski definition) is 4. The van der Waals surface area contributed by atoms with Gasteiger partial charge in [-0.25, -0.2) is 4.79 Å². The third-order valence-corrected chi connectivity index (χ3v) is 4.94. The Balaban J connectivity index is 2.02. The summed E-state index contributed by atoms with van der Waals surface area (Å²) in [6, 6.07) is -0.392. The first-order valence-electron chi connectivity index (χ1n) is 8.19. The Morgan fingerprint density at radius 3 is 2.50 bits per heavy atom. The van der Waals surface area contributed by atoms with Gasteiger partial charge in [0.25, 0.3) is 0 Å². The summed E-state index contributed by atoms with van der Waals surface area (Å²) in [4.78, 5) is 23.0. The van der Waals surface area contributed by atoms with Crippen LogP contribution in [0.25, 0.3) is 0 Å². The highest BCUT2D eigenvalue weighted by Crippen LogP contribution is 2.35. The highest BCUT2D eigenvalue weighted by atomic mass is 16.6. The Morgan fingerprint density at radius 2 is 2.00 bits per heavy atom. The second-order valence-corrected chi connectivity index (χ2v) is 7.21. The number of nitrogens with one attached hydrogen (secondary N) is 1. The second kappa shape index (κ2) is 6.86. The summed E-state index contributed by atoms with van der Waals surface area (Å²) in [6.45, 7) is 3.17. The zero-order chi connectivity index (χ0) is 16.3. The smallest absolute Gasteiger partial charge is 0.405 e. The maximum absolute atomic E-state index is 12.0. The number of carbonyl (C=O) groups is 2. The number of aliphatic hydroxyl groups is 1. The zero-order valence-corrected chi connectivity index (χ0v) is 13.4. The maximum Gasteiger partial charge on any atom is 0.405 e. The summed E-state index contributed by atoms with van der Waals surface area (Å²) in [5, 5.41) is 21.6. The second-order valence-electron chi connectivity index (χ2n) is 7.21. The summed E-state index contributed by atoms with van der Waals surface area (Å²) < 4.78 is 5.38. The Kier molecular flexibility index (Phi) is 5.32. The van der Waals surface area contributed by atoms with Crippen LogP contribution in [0.1, 0.15) is 58.8 Å². The molecule has 0 aromatic rings. The number of esters is 1. The van der Waals surface area contributed by atoms with Crippen LogP contribution in [-0.4, -0.2) is 40.0 Å². The van der Waals surface area contributed by atoms with Crippen LogP contribution < -0.4 is 5.32 Å². The van der Waals surface area contributed by atoms with Crippen LogP contribution in [0.3, 0.4) is 0 Å². The van der Waals surface area contributed by atoms with Crippen molar-refractivity contribution in [3.8, 4) is 0 Å². The van der Waals surface area contributed by atoms with Gasteiger partial charge in [-0.1, -0.05) is 32.1 Å². The van der Waals surface area contributed by atoms with Crippen LogP contribution in [0.5, 0.6) is 0 Å². The number of cyclic esters (lactones) is 1. The fourth-order valence-corrected chi connectivity index (χ4v) is 3.68. The van der Waals surface area contributed by atoms with Crippen LogP contribution in [0.4, 0.5) is 4.79 Å². The molecular weight excluding hydrogens is 286 g/mol. The molecule has 2 aliphatic rings. The lowest BCUT2D eigenvalue weighted by Crippen LogP contribution is -2.44. The SMILES string of the molecule is CC(C)(O)C1CC(C(CC2CCCCC2)NC(=O)O)OC1=O. The van der Waals surface area contributed by atoms with Gasteiger partial charge in [-0.2, -0.15) is 0 Å². The van der Waals surface area contributed by atoms with E-state index in [1.807, 2.05) is 0 Å². The molecule has 3 unspecified atom stereocenters. The van der Waals surface area contributed by atoms with Crippen molar-refractivity contribution in [2.24, 2.45) is 11.8 Å². The fourth-order valence-electron chi connectivity index (χ4n) is 3.68. The number of amides is 1. The van der Waals surface area contributed by atoms with Crippen molar-refractivity contribution < 1.29 is 24.5 Å². The molecule has 1 saturated carbocycles. The molecule has 22 heavy (non-hydrogen) atoms. The Morgan fingerprint density at radius 1 is 1.36 bits per heavy atom. The molecule has 0 aromatic heterocycles. The molecule has 1 amide bonds. The molecule has 3 atom stereocenters. The van der Waals surface area contributed by atoms with Crippen molar-refractivity contribution in [2.45, 2.75) is 76.5 Å². The van der Waals surface area contributed by atoms with Gasteiger partial charge < -0.3 is 20.3 Å². The van der Waals surface area contributed by atoms with Gasteiger partial charge in [0, 0.05) is 6.42 Å². The average Bonchev–Trinajstić information content (AvgIpc) is 2.81. The van der Waals surface area contributed by atoms with Crippen LogP contribution in [0.2, 0.25) is 0 Å². The van der Waals surface area contributed by atoms with E-state index in [0.717, 1.165) is 12.8 Å². The Hall–Kier alpha value is -1.30. The summed E-state index contributed by atoms with van der Waals surface area (Å²) in [7, 11) is 0. The lowest BCUT2D eigenvalue weighted by atomic mass is 9.81. The van der Waals surface area contributed by atoms with Gasteiger partial charge in [0.2, 0.25) is 0 Å². The lowest BCUT2D eigenvalue weighted by molar-refractivity contribution is -0.150. The standard InChI is InChI=1S/C16H27NO5/c1-16(2,21)11-9-13(22-14(11)18)12(17-15(19)20)8-10-6-4-3-5-7-10/h10-13,17,21H,3-9H2,1-2H3,(H,19,20). The highest BCUT2D eigenvalue weighted by Gasteiger charge is 2.46. The van der Waals surface area contributed by atoms with Gasteiger partial charge >= 0.3 is 12.1 Å². The third kappa shape index (κ3) is 4.35. The minimum atomic E-state index is -1.15. The minimum Gasteiger partial charge on any atom is -0.465 e. The van der Waals surface area contributed by atoms with Gasteiger partial charge in [0.05, 0.1) is 17.6 Å². The largest absolute Gasteiger partial charge is 0.465 e. The van der Waals surface area contributed by atoms with Gasteiger partial charge in [-0.3, -0.25) is 4.79 Å². The minimum absolute atomic E-state index is 0.361. The van der Waals surface area contributed by atoms with Crippen LogP contribution >= 0.6 is 0 Å². The molecule has 3 N–H and O–H groups in total. The quantitative estimate of drug-likeness (QED) is 0.677. The molecule has 6 heteroatoms. The molecule has 6 nitrogen and oxygen atoms in total. The van der Waals surface area contributed by atoms with E-state index in [9.17, 15) is 14.7 Å². The zero-order valence-electron chi connectivity index (χ0n) is 13.4. The number of carbonyl (C=O) groups excluding carboxylic acids is 1. The van der Waals surface area contributed by atoms with E-state index in [-0.39, 0.29) is 0 Å². The number of carboxylic acid groups (broad SMARTS) is 1. The normalized spacial score (nSPS) is 28.2. The van der Waals surface area contributed by atoms with Crippen molar-refractivity contribution >= 4 is 12.1 Å². The molecule has 1 heterocycles. The van der Waals surface area contributed by atoms with E-state index < -0.39 is 35.7 Å². The Bertz CT molecular complexity index is 411. The number of hydrogen-bond donors (Lipinski definition) is 3. The van der Waals surface area contributed by atoms with Crippen LogP contribution in [0, 0.1) is 11.8 Å². The molecular formula is C16H27NO5. The summed E-state index contributed by atoms with van der Waals surface area (Å²) in [5.41, 5.74) is -1.15. The molecule has 1 aliphatic carbocycles. The molecule has 1 aliphatic heterocycles. The molecule has 126 valence electrons. The first-order valence-corrected chi connectivity index (χ1v) is 8.19. The van der Waals surface area contributed by atoms with Crippen molar-refractivity contribution in [3.05, 3.63) is 0 Å². The van der Waals surface area contributed by atoms with Crippen molar-refractivity contribution in [3.63, 3.8) is 0 Å². The van der Waals surface area contributed by atoms with Gasteiger partial charge in [-0.15, -0.1) is 0 Å².